The summed E-state index contributed by atoms with van der Waals surface area (Å²) in [5.74, 6) is -0.312. The molecular formula is C25H20ClNO3. The fourth-order valence-electron chi connectivity index (χ4n) is 4.25. The Balaban J connectivity index is 1.75. The molecule has 0 spiro atoms. The predicted molar refractivity (Wildman–Crippen MR) is 117 cm³/mol. The van der Waals surface area contributed by atoms with Crippen molar-refractivity contribution < 1.29 is 14.3 Å². The summed E-state index contributed by atoms with van der Waals surface area (Å²) >= 11 is 6.41. The first kappa shape index (κ1) is 18.9. The third-order valence-electron chi connectivity index (χ3n) is 5.63. The van der Waals surface area contributed by atoms with Crippen molar-refractivity contribution in [3.05, 3.63) is 101 Å². The smallest absolute Gasteiger partial charge is 0.308 e. The molecule has 3 aromatic carbocycles. The lowest BCUT2D eigenvalue weighted by molar-refractivity contribution is -0.145. The van der Waals surface area contributed by atoms with Crippen LogP contribution in [0.3, 0.4) is 0 Å². The lowest BCUT2D eigenvalue weighted by Gasteiger charge is -2.24. The normalized spacial score (nSPS) is 17.8. The van der Waals surface area contributed by atoms with E-state index in [1.807, 2.05) is 54.7 Å². The van der Waals surface area contributed by atoms with Gasteiger partial charge in [0.15, 0.2) is 0 Å². The molecule has 1 aliphatic rings. The molecule has 0 aliphatic carbocycles. The van der Waals surface area contributed by atoms with E-state index in [1.54, 1.807) is 0 Å². The number of carbonyl (C=O) groups is 1. The van der Waals surface area contributed by atoms with Crippen LogP contribution in [-0.2, 0) is 14.3 Å². The van der Waals surface area contributed by atoms with Gasteiger partial charge in [-0.1, -0.05) is 54.1 Å². The maximum atomic E-state index is 12.2. The van der Waals surface area contributed by atoms with Crippen LogP contribution in [0, 0.1) is 0 Å². The zero-order chi connectivity index (χ0) is 20.7. The average molecular weight is 418 g/mol. The molecule has 1 aliphatic heterocycles. The Bertz CT molecular complexity index is 1240. The molecule has 0 radical (unpaired) electrons. The number of hydrogen-bond acceptors (Lipinski definition) is 3. The number of fused-ring (bicyclic) bond motifs is 4. The second kappa shape index (κ2) is 7.63. The summed E-state index contributed by atoms with van der Waals surface area (Å²) in [6, 6.07) is 24.2. The Morgan fingerprint density at radius 1 is 1.03 bits per heavy atom. The van der Waals surface area contributed by atoms with Gasteiger partial charge in [0.2, 0.25) is 0 Å². The first-order valence-electron chi connectivity index (χ1n) is 9.82. The van der Waals surface area contributed by atoms with Crippen LogP contribution in [0.5, 0.6) is 0 Å². The van der Waals surface area contributed by atoms with Gasteiger partial charge >= 0.3 is 5.97 Å². The Morgan fingerprint density at radius 2 is 1.87 bits per heavy atom. The highest BCUT2D eigenvalue weighted by Crippen LogP contribution is 2.43. The van der Waals surface area contributed by atoms with Gasteiger partial charge in [0, 0.05) is 16.8 Å². The number of methoxy groups -OCH3 is 1. The monoisotopic (exact) mass is 417 g/mol. The van der Waals surface area contributed by atoms with Gasteiger partial charge in [0.25, 0.3) is 0 Å². The second-order valence-electron chi connectivity index (χ2n) is 7.36. The zero-order valence-corrected chi connectivity index (χ0v) is 17.2. The van der Waals surface area contributed by atoms with Crippen LogP contribution in [0.1, 0.15) is 35.4 Å². The number of ether oxygens (including phenoxy) is 2. The predicted octanol–water partition coefficient (Wildman–Crippen LogP) is 6.01. The van der Waals surface area contributed by atoms with Gasteiger partial charge < -0.3 is 14.0 Å². The number of rotatable bonds is 3. The molecular weight excluding hydrogens is 398 g/mol. The lowest BCUT2D eigenvalue weighted by atomic mass is 9.94. The fraction of sp³-hybridized carbons (Fsp3) is 0.160. The summed E-state index contributed by atoms with van der Waals surface area (Å²) in [6.07, 6.45) is 1.27. The van der Waals surface area contributed by atoms with E-state index in [1.165, 1.54) is 7.11 Å². The van der Waals surface area contributed by atoms with Crippen molar-refractivity contribution in [3.8, 4) is 5.69 Å². The highest BCUT2D eigenvalue weighted by molar-refractivity contribution is 6.30. The summed E-state index contributed by atoms with van der Waals surface area (Å²) in [7, 11) is 1.40. The standard InChI is InChI=1S/C25H20ClNO3/c1-29-24(28)15-23-22-10-5-13-27(22)21-12-11-17(26)14-20(21)25(30-23)19-9-4-7-16-6-2-3-8-18(16)19/h2-14,23,25H,15H2,1H3/t23-,25-/m1/s1. The van der Waals surface area contributed by atoms with E-state index >= 15 is 0 Å². The van der Waals surface area contributed by atoms with Gasteiger partial charge in [0.1, 0.15) is 12.2 Å². The summed E-state index contributed by atoms with van der Waals surface area (Å²) < 4.78 is 13.7. The number of hydrogen-bond donors (Lipinski definition) is 0. The van der Waals surface area contributed by atoms with Crippen LogP contribution in [0.4, 0.5) is 0 Å². The molecule has 4 nitrogen and oxygen atoms in total. The van der Waals surface area contributed by atoms with Crippen molar-refractivity contribution in [1.29, 1.82) is 0 Å². The van der Waals surface area contributed by atoms with Crippen molar-refractivity contribution in [2.45, 2.75) is 18.6 Å². The van der Waals surface area contributed by atoms with E-state index in [2.05, 4.69) is 28.8 Å². The fourth-order valence-corrected chi connectivity index (χ4v) is 4.43. The number of carbonyl (C=O) groups excluding carboxylic acids is 1. The maximum Gasteiger partial charge on any atom is 0.308 e. The largest absolute Gasteiger partial charge is 0.469 e. The van der Waals surface area contributed by atoms with Crippen LogP contribution >= 0.6 is 11.6 Å². The number of nitrogens with zero attached hydrogens (tertiary/aromatic N) is 1. The second-order valence-corrected chi connectivity index (χ2v) is 7.80. The molecule has 2 heterocycles. The highest BCUT2D eigenvalue weighted by atomic mass is 35.5. The van der Waals surface area contributed by atoms with Crippen molar-refractivity contribution in [1.82, 2.24) is 4.57 Å². The minimum Gasteiger partial charge on any atom is -0.469 e. The molecule has 0 amide bonds. The van der Waals surface area contributed by atoms with E-state index < -0.39 is 6.10 Å². The van der Waals surface area contributed by atoms with Crippen LogP contribution in [-0.4, -0.2) is 17.6 Å². The number of halogens is 1. The van der Waals surface area contributed by atoms with Gasteiger partial charge in [-0.05, 0) is 46.7 Å². The van der Waals surface area contributed by atoms with Gasteiger partial charge in [-0.25, -0.2) is 0 Å². The molecule has 5 heteroatoms. The molecule has 0 saturated heterocycles. The van der Waals surface area contributed by atoms with Crippen molar-refractivity contribution in [3.63, 3.8) is 0 Å². The van der Waals surface area contributed by atoms with Gasteiger partial charge in [-0.2, -0.15) is 0 Å². The molecule has 0 N–H and O–H groups in total. The molecule has 2 atom stereocenters. The van der Waals surface area contributed by atoms with Gasteiger partial charge in [0.05, 0.1) is 24.9 Å². The molecule has 150 valence electrons. The third kappa shape index (κ3) is 3.18. The van der Waals surface area contributed by atoms with E-state index in [0.717, 1.165) is 33.3 Å². The Kier molecular flexibility index (Phi) is 4.81. The molecule has 4 aromatic rings. The molecule has 0 bridgehead atoms. The number of esters is 1. The van der Waals surface area contributed by atoms with Crippen molar-refractivity contribution in [2.75, 3.05) is 7.11 Å². The first-order chi connectivity index (χ1) is 14.7. The third-order valence-corrected chi connectivity index (χ3v) is 5.86. The molecule has 30 heavy (non-hydrogen) atoms. The summed E-state index contributed by atoms with van der Waals surface area (Å²) in [5, 5.41) is 2.89. The number of aromatic nitrogens is 1. The van der Waals surface area contributed by atoms with E-state index in [4.69, 9.17) is 21.1 Å². The summed E-state index contributed by atoms with van der Waals surface area (Å²) in [5.41, 5.74) is 3.90. The van der Waals surface area contributed by atoms with E-state index in [9.17, 15) is 4.79 Å². The molecule has 0 unspecified atom stereocenters. The van der Waals surface area contributed by atoms with Crippen LogP contribution in [0.2, 0.25) is 5.02 Å². The summed E-state index contributed by atoms with van der Waals surface area (Å²) in [6.45, 7) is 0. The zero-order valence-electron chi connectivity index (χ0n) is 16.4. The molecule has 0 saturated carbocycles. The summed E-state index contributed by atoms with van der Waals surface area (Å²) in [4.78, 5) is 12.2. The highest BCUT2D eigenvalue weighted by Gasteiger charge is 2.32. The lowest BCUT2D eigenvalue weighted by Crippen LogP contribution is -2.15. The molecule has 5 rings (SSSR count). The maximum absolute atomic E-state index is 12.2. The quantitative estimate of drug-likeness (QED) is 0.383. The Morgan fingerprint density at radius 3 is 2.73 bits per heavy atom. The van der Waals surface area contributed by atoms with Crippen molar-refractivity contribution >= 4 is 28.3 Å². The Labute approximate surface area is 179 Å². The minimum atomic E-state index is -0.456. The van der Waals surface area contributed by atoms with Crippen LogP contribution < -0.4 is 0 Å². The first-order valence-corrected chi connectivity index (χ1v) is 10.2. The Hall–Kier alpha value is -3.08. The molecule has 0 fully saturated rings. The topological polar surface area (TPSA) is 40.5 Å². The van der Waals surface area contributed by atoms with Crippen LogP contribution in [0.15, 0.2) is 79.0 Å². The van der Waals surface area contributed by atoms with E-state index in [-0.39, 0.29) is 18.5 Å². The van der Waals surface area contributed by atoms with E-state index in [0.29, 0.717) is 5.02 Å². The van der Waals surface area contributed by atoms with Gasteiger partial charge in [-0.3, -0.25) is 4.79 Å². The average Bonchev–Trinajstić information content (AvgIpc) is 3.21. The minimum absolute atomic E-state index is 0.128. The number of benzene rings is 3. The van der Waals surface area contributed by atoms with Gasteiger partial charge in [-0.15, -0.1) is 0 Å². The molecule has 1 aromatic heterocycles. The SMILES string of the molecule is COC(=O)C[C@H]1O[C@H](c2cccc3ccccc23)c2cc(Cl)ccc2-n2cccc21. The van der Waals surface area contributed by atoms with Crippen LogP contribution in [0.25, 0.3) is 16.5 Å². The van der Waals surface area contributed by atoms with Crippen molar-refractivity contribution in [2.24, 2.45) is 0 Å².